The Morgan fingerprint density at radius 1 is 1.20 bits per heavy atom. The summed E-state index contributed by atoms with van der Waals surface area (Å²) < 4.78 is 6.48. The van der Waals surface area contributed by atoms with Gasteiger partial charge in [-0.1, -0.05) is 41.9 Å². The van der Waals surface area contributed by atoms with E-state index >= 15 is 0 Å². The number of hydrogen-bond acceptors (Lipinski definition) is 3. The zero-order valence-corrected chi connectivity index (χ0v) is 11.2. The van der Waals surface area contributed by atoms with Gasteiger partial charge in [0.15, 0.2) is 12.4 Å². The first kappa shape index (κ1) is 12.7. The van der Waals surface area contributed by atoms with Gasteiger partial charge in [-0.3, -0.25) is 0 Å². The van der Waals surface area contributed by atoms with Crippen LogP contribution in [0.25, 0.3) is 10.9 Å². The molecule has 5 heteroatoms. The van der Waals surface area contributed by atoms with Crippen LogP contribution < -0.4 is 9.47 Å². The molecule has 0 saturated heterocycles. The lowest BCUT2D eigenvalue weighted by Gasteiger charge is -2.09. The van der Waals surface area contributed by atoms with Gasteiger partial charge in [-0.2, -0.15) is 4.73 Å². The quantitative estimate of drug-likeness (QED) is 0.422. The van der Waals surface area contributed by atoms with Crippen LogP contribution in [0.1, 0.15) is 5.56 Å². The average Bonchev–Trinajstić information content (AvgIpc) is 2.46. The van der Waals surface area contributed by atoms with Crippen molar-refractivity contribution in [3.63, 3.8) is 0 Å². The van der Waals surface area contributed by atoms with Crippen LogP contribution in [-0.2, 0) is 6.61 Å². The number of hydrogen-bond donors (Lipinski definition) is 0. The van der Waals surface area contributed by atoms with E-state index in [1.165, 1.54) is 12.4 Å². The Hall–Kier alpha value is -2.33. The van der Waals surface area contributed by atoms with Crippen LogP contribution in [0.5, 0.6) is 5.75 Å². The number of fused-ring (bicyclic) bond motifs is 1. The number of nitrogens with zero attached hydrogens (tertiary/aromatic N) is 2. The van der Waals surface area contributed by atoms with Gasteiger partial charge in [0, 0.05) is 12.1 Å². The summed E-state index contributed by atoms with van der Waals surface area (Å²) in [4.78, 5) is 4.17. The minimum absolute atomic E-state index is 0.337. The smallest absolute Gasteiger partial charge is 0.193 e. The van der Waals surface area contributed by atoms with E-state index in [0.29, 0.717) is 33.1 Å². The van der Waals surface area contributed by atoms with E-state index in [4.69, 9.17) is 16.3 Å². The summed E-state index contributed by atoms with van der Waals surface area (Å²) in [7, 11) is 0. The molecule has 20 heavy (non-hydrogen) atoms. The van der Waals surface area contributed by atoms with Crippen LogP contribution >= 0.6 is 11.6 Å². The van der Waals surface area contributed by atoms with E-state index in [1.54, 1.807) is 12.1 Å². The molecule has 0 radical (unpaired) electrons. The molecule has 0 aliphatic rings. The van der Waals surface area contributed by atoms with Crippen LogP contribution in [-0.4, -0.2) is 4.98 Å². The monoisotopic (exact) mass is 286 g/mol. The summed E-state index contributed by atoms with van der Waals surface area (Å²) in [5.74, 6) is 0.550. The molecule has 4 nitrogen and oxygen atoms in total. The summed E-state index contributed by atoms with van der Waals surface area (Å²) in [6, 6.07) is 13.0. The Labute approximate surface area is 120 Å². The van der Waals surface area contributed by atoms with Crippen molar-refractivity contribution in [3.8, 4) is 5.75 Å². The first-order valence-corrected chi connectivity index (χ1v) is 6.46. The second-order valence-electron chi connectivity index (χ2n) is 4.32. The molecular formula is C15H11ClN2O2. The minimum Gasteiger partial charge on any atom is -0.619 e. The molecule has 3 aromatic rings. The Balaban J connectivity index is 1.96. The fourth-order valence-corrected chi connectivity index (χ4v) is 2.14. The summed E-state index contributed by atoms with van der Waals surface area (Å²) in [5, 5.41) is 12.4. The highest BCUT2D eigenvalue weighted by Crippen LogP contribution is 2.27. The van der Waals surface area contributed by atoms with E-state index < -0.39 is 0 Å². The summed E-state index contributed by atoms with van der Waals surface area (Å²) in [6.45, 7) is 0.407. The van der Waals surface area contributed by atoms with Crippen LogP contribution in [0.4, 0.5) is 0 Å². The lowest BCUT2D eigenvalue weighted by atomic mass is 10.2. The van der Waals surface area contributed by atoms with E-state index in [2.05, 4.69) is 4.98 Å². The Morgan fingerprint density at radius 2 is 2.00 bits per heavy atom. The van der Waals surface area contributed by atoms with Gasteiger partial charge in [0.2, 0.25) is 0 Å². The third kappa shape index (κ3) is 2.65. The molecule has 0 unspecified atom stereocenters. The number of pyridine rings is 2. The first-order valence-electron chi connectivity index (χ1n) is 6.08. The molecule has 0 saturated carbocycles. The number of rotatable bonds is 3. The normalized spacial score (nSPS) is 10.7. The summed E-state index contributed by atoms with van der Waals surface area (Å²) in [5.41, 5.74) is 1.67. The SMILES string of the molecule is [O-][n+]1ccc2nc(Cl)cc(OCc3ccccc3)c2c1. The maximum absolute atomic E-state index is 11.4. The predicted molar refractivity (Wildman–Crippen MR) is 76.5 cm³/mol. The fraction of sp³-hybridized carbons (Fsp3) is 0.0667. The third-order valence-corrected chi connectivity index (χ3v) is 3.09. The van der Waals surface area contributed by atoms with Gasteiger partial charge in [0.25, 0.3) is 0 Å². The highest BCUT2D eigenvalue weighted by Gasteiger charge is 2.09. The van der Waals surface area contributed by atoms with Gasteiger partial charge in [0.05, 0.1) is 5.52 Å². The number of aromatic nitrogens is 2. The fourth-order valence-electron chi connectivity index (χ4n) is 1.95. The zero-order chi connectivity index (χ0) is 13.9. The molecule has 0 aliphatic carbocycles. The predicted octanol–water partition coefficient (Wildman–Crippen LogP) is 3.10. The van der Waals surface area contributed by atoms with Crippen LogP contribution in [0.15, 0.2) is 54.9 Å². The standard InChI is InChI=1S/C15H11ClN2O2/c16-15-8-14(20-10-11-4-2-1-3-5-11)12-9-18(19)7-6-13(12)17-15/h1-9H,10H2. The van der Waals surface area contributed by atoms with Crippen molar-refractivity contribution in [2.45, 2.75) is 6.61 Å². The summed E-state index contributed by atoms with van der Waals surface area (Å²) >= 11 is 5.97. The lowest BCUT2D eigenvalue weighted by Crippen LogP contribution is -2.23. The second kappa shape index (κ2) is 5.35. The topological polar surface area (TPSA) is 49.1 Å². The van der Waals surface area contributed by atoms with Crippen molar-refractivity contribution in [1.82, 2.24) is 4.98 Å². The molecule has 0 aliphatic heterocycles. The maximum Gasteiger partial charge on any atom is 0.193 e. The molecule has 100 valence electrons. The molecule has 1 aromatic carbocycles. The van der Waals surface area contributed by atoms with Crippen LogP contribution in [0.3, 0.4) is 0 Å². The molecular weight excluding hydrogens is 276 g/mol. The zero-order valence-electron chi connectivity index (χ0n) is 10.5. The molecule has 0 amide bonds. The molecule has 0 N–H and O–H groups in total. The highest BCUT2D eigenvalue weighted by atomic mass is 35.5. The number of benzene rings is 1. The second-order valence-corrected chi connectivity index (χ2v) is 4.71. The molecule has 0 bridgehead atoms. The Bertz CT molecular complexity index is 747. The number of halogens is 1. The number of ether oxygens (including phenoxy) is 1. The lowest BCUT2D eigenvalue weighted by molar-refractivity contribution is -0.603. The van der Waals surface area contributed by atoms with Gasteiger partial charge >= 0.3 is 0 Å². The van der Waals surface area contributed by atoms with E-state index in [0.717, 1.165) is 5.56 Å². The van der Waals surface area contributed by atoms with E-state index in [9.17, 15) is 5.21 Å². The van der Waals surface area contributed by atoms with Crippen molar-refractivity contribution >= 4 is 22.5 Å². The molecule has 0 spiro atoms. The van der Waals surface area contributed by atoms with Gasteiger partial charge in [0.1, 0.15) is 22.9 Å². The molecule has 0 fully saturated rings. The van der Waals surface area contributed by atoms with Crippen molar-refractivity contribution in [3.05, 3.63) is 70.8 Å². The Morgan fingerprint density at radius 3 is 2.80 bits per heavy atom. The third-order valence-electron chi connectivity index (χ3n) is 2.89. The van der Waals surface area contributed by atoms with Crippen molar-refractivity contribution in [2.75, 3.05) is 0 Å². The van der Waals surface area contributed by atoms with Gasteiger partial charge in [-0.15, -0.1) is 0 Å². The largest absolute Gasteiger partial charge is 0.619 e. The van der Waals surface area contributed by atoms with E-state index in [1.807, 2.05) is 30.3 Å². The first-order chi connectivity index (χ1) is 9.72. The van der Waals surface area contributed by atoms with Crippen molar-refractivity contribution < 1.29 is 9.47 Å². The molecule has 0 atom stereocenters. The minimum atomic E-state index is 0.337. The van der Waals surface area contributed by atoms with E-state index in [-0.39, 0.29) is 0 Å². The maximum atomic E-state index is 11.4. The highest BCUT2D eigenvalue weighted by molar-refractivity contribution is 6.30. The average molecular weight is 287 g/mol. The van der Waals surface area contributed by atoms with Crippen LogP contribution in [0, 0.1) is 5.21 Å². The van der Waals surface area contributed by atoms with Crippen molar-refractivity contribution in [1.29, 1.82) is 0 Å². The van der Waals surface area contributed by atoms with Gasteiger partial charge in [-0.25, -0.2) is 4.98 Å². The van der Waals surface area contributed by atoms with Crippen molar-refractivity contribution in [2.24, 2.45) is 0 Å². The summed E-state index contributed by atoms with van der Waals surface area (Å²) in [6.07, 6.45) is 2.81. The van der Waals surface area contributed by atoms with Gasteiger partial charge in [-0.05, 0) is 5.56 Å². The Kier molecular flexibility index (Phi) is 3.39. The molecule has 2 aromatic heterocycles. The van der Waals surface area contributed by atoms with Crippen LogP contribution in [0.2, 0.25) is 5.15 Å². The van der Waals surface area contributed by atoms with Gasteiger partial charge < -0.3 is 9.94 Å². The molecule has 3 rings (SSSR count). The molecule has 2 heterocycles.